The van der Waals surface area contributed by atoms with E-state index >= 15 is 0 Å². The van der Waals surface area contributed by atoms with Crippen molar-refractivity contribution in [3.05, 3.63) is 164 Å². The maximum absolute atomic E-state index is 6.59. The largest absolute Gasteiger partial charge is 0.455 e. The van der Waals surface area contributed by atoms with Crippen LogP contribution in [0.4, 0.5) is 17.1 Å². The average Bonchev–Trinajstić information content (AvgIpc) is 3.47. The van der Waals surface area contributed by atoms with Crippen molar-refractivity contribution in [3.63, 3.8) is 0 Å². The Labute approximate surface area is 266 Å². The van der Waals surface area contributed by atoms with Crippen molar-refractivity contribution in [2.24, 2.45) is 0 Å². The van der Waals surface area contributed by atoms with Gasteiger partial charge in [0, 0.05) is 44.5 Å². The summed E-state index contributed by atoms with van der Waals surface area (Å²) >= 11 is 0. The predicted octanol–water partition coefficient (Wildman–Crippen LogP) is 11.3. The second-order valence-electron chi connectivity index (χ2n) is 11.4. The van der Waals surface area contributed by atoms with Crippen LogP contribution in [0, 0.1) is 0 Å². The van der Waals surface area contributed by atoms with Crippen LogP contribution in [-0.4, -0.2) is 9.97 Å². The minimum absolute atomic E-state index is 0.677. The van der Waals surface area contributed by atoms with E-state index in [-0.39, 0.29) is 0 Å². The molecule has 8 aromatic rings. The lowest BCUT2D eigenvalue weighted by atomic mass is 9.98. The van der Waals surface area contributed by atoms with E-state index < -0.39 is 0 Å². The molecular formula is C42H27N3O. The number of benzene rings is 6. The summed E-state index contributed by atoms with van der Waals surface area (Å²) in [4.78, 5) is 12.5. The van der Waals surface area contributed by atoms with Crippen LogP contribution in [0.3, 0.4) is 0 Å². The van der Waals surface area contributed by atoms with Crippen LogP contribution < -0.4 is 4.90 Å². The first-order valence-electron chi connectivity index (χ1n) is 15.4. The van der Waals surface area contributed by atoms with Gasteiger partial charge in [0.1, 0.15) is 11.3 Å². The summed E-state index contributed by atoms with van der Waals surface area (Å²) < 4.78 is 6.59. The maximum atomic E-state index is 6.59. The molecule has 0 unspecified atom stereocenters. The monoisotopic (exact) mass is 589 g/mol. The Hall–Kier alpha value is -6.26. The molecule has 9 rings (SSSR count). The molecule has 0 fully saturated rings. The lowest BCUT2D eigenvalue weighted by molar-refractivity contribution is 0.633. The molecule has 0 saturated carbocycles. The van der Waals surface area contributed by atoms with E-state index in [1.807, 2.05) is 48.5 Å². The van der Waals surface area contributed by atoms with Gasteiger partial charge in [-0.1, -0.05) is 121 Å². The third-order valence-corrected chi connectivity index (χ3v) is 8.63. The minimum Gasteiger partial charge on any atom is -0.455 e. The number of furan rings is 1. The molecular weight excluding hydrogens is 562 g/mol. The van der Waals surface area contributed by atoms with Crippen LogP contribution in [0.15, 0.2) is 168 Å². The standard InChI is InChI=1S/C42H27N3O/c1-3-14-28(15-4-1)35-27-36(29-16-5-2-6-17-29)44-42(43-35)30-18-13-19-31(26-30)45-37-23-10-7-20-32(37)40-34-22-9-12-25-39(34)46-41(40)33-21-8-11-24-38(33)45/h1-27H. The molecule has 0 saturated heterocycles. The van der Waals surface area contributed by atoms with Crippen LogP contribution in [0.2, 0.25) is 0 Å². The Morgan fingerprint density at radius 1 is 0.457 bits per heavy atom. The molecule has 3 heterocycles. The van der Waals surface area contributed by atoms with Gasteiger partial charge in [0.2, 0.25) is 0 Å². The van der Waals surface area contributed by atoms with Crippen molar-refractivity contribution in [1.82, 2.24) is 9.97 Å². The first kappa shape index (κ1) is 26.2. The number of hydrogen-bond acceptors (Lipinski definition) is 4. The van der Waals surface area contributed by atoms with Gasteiger partial charge < -0.3 is 9.32 Å². The number of fused-ring (bicyclic) bond motifs is 7. The van der Waals surface area contributed by atoms with Gasteiger partial charge in [0.15, 0.2) is 5.82 Å². The molecule has 0 atom stereocenters. The molecule has 4 nitrogen and oxygen atoms in total. The molecule has 1 aliphatic rings. The Bertz CT molecular complexity index is 2320. The van der Waals surface area contributed by atoms with Crippen molar-refractivity contribution in [2.75, 3.05) is 4.90 Å². The molecule has 0 amide bonds. The van der Waals surface area contributed by atoms with Crippen LogP contribution in [0.1, 0.15) is 0 Å². The highest BCUT2D eigenvalue weighted by Crippen LogP contribution is 2.53. The van der Waals surface area contributed by atoms with Crippen LogP contribution >= 0.6 is 0 Å². The van der Waals surface area contributed by atoms with Crippen molar-refractivity contribution < 1.29 is 4.42 Å². The molecule has 0 bridgehead atoms. The third kappa shape index (κ3) is 4.31. The molecule has 0 spiro atoms. The Kier molecular flexibility index (Phi) is 6.10. The quantitative estimate of drug-likeness (QED) is 0.205. The summed E-state index contributed by atoms with van der Waals surface area (Å²) in [6.07, 6.45) is 0. The van der Waals surface area contributed by atoms with E-state index in [1.165, 1.54) is 0 Å². The third-order valence-electron chi connectivity index (χ3n) is 8.63. The first-order chi connectivity index (χ1) is 22.8. The van der Waals surface area contributed by atoms with Gasteiger partial charge in [-0.2, -0.15) is 0 Å². The molecule has 2 aromatic heterocycles. The Balaban J connectivity index is 1.25. The molecule has 46 heavy (non-hydrogen) atoms. The number of nitrogens with zero attached hydrogens (tertiary/aromatic N) is 3. The zero-order valence-electron chi connectivity index (χ0n) is 24.8. The highest BCUT2D eigenvalue weighted by molar-refractivity contribution is 6.10. The highest BCUT2D eigenvalue weighted by Gasteiger charge is 2.30. The minimum atomic E-state index is 0.677. The van der Waals surface area contributed by atoms with Crippen molar-refractivity contribution in [1.29, 1.82) is 0 Å². The van der Waals surface area contributed by atoms with E-state index in [2.05, 4.69) is 120 Å². The summed E-state index contributed by atoms with van der Waals surface area (Å²) in [7, 11) is 0. The fraction of sp³-hybridized carbons (Fsp3) is 0. The van der Waals surface area contributed by atoms with Crippen LogP contribution in [-0.2, 0) is 0 Å². The summed E-state index contributed by atoms with van der Waals surface area (Å²) in [5.41, 5.74) is 12.1. The number of anilines is 3. The normalized spacial score (nSPS) is 11.9. The van der Waals surface area contributed by atoms with Gasteiger partial charge in [-0.3, -0.25) is 0 Å². The van der Waals surface area contributed by atoms with Gasteiger partial charge in [0.25, 0.3) is 0 Å². The zero-order chi connectivity index (χ0) is 30.5. The van der Waals surface area contributed by atoms with Gasteiger partial charge >= 0.3 is 0 Å². The van der Waals surface area contributed by atoms with E-state index in [0.29, 0.717) is 5.82 Å². The number of rotatable bonds is 4. The smallest absolute Gasteiger partial charge is 0.160 e. The molecule has 216 valence electrons. The number of hydrogen-bond donors (Lipinski definition) is 0. The fourth-order valence-corrected chi connectivity index (χ4v) is 6.53. The van der Waals surface area contributed by atoms with Crippen LogP contribution in [0.5, 0.6) is 0 Å². The average molecular weight is 590 g/mol. The SMILES string of the molecule is c1ccc(-c2cc(-c3ccccc3)nc(-c3cccc(N4c5ccccc5-c5oc6ccccc6c5-c5ccccc54)c3)n2)cc1. The van der Waals surface area contributed by atoms with Gasteiger partial charge in [0.05, 0.1) is 22.8 Å². The summed E-state index contributed by atoms with van der Waals surface area (Å²) in [5, 5.41) is 1.11. The van der Waals surface area contributed by atoms with Gasteiger partial charge in [-0.05, 0) is 42.5 Å². The number of aromatic nitrogens is 2. The fourth-order valence-electron chi connectivity index (χ4n) is 6.53. The topological polar surface area (TPSA) is 42.2 Å². The highest BCUT2D eigenvalue weighted by atomic mass is 16.3. The predicted molar refractivity (Wildman–Crippen MR) is 187 cm³/mol. The van der Waals surface area contributed by atoms with Crippen molar-refractivity contribution in [3.8, 4) is 56.4 Å². The van der Waals surface area contributed by atoms with Crippen molar-refractivity contribution in [2.45, 2.75) is 0 Å². The summed E-state index contributed by atoms with van der Waals surface area (Å²) in [5.74, 6) is 1.56. The second kappa shape index (κ2) is 10.7. The number of para-hydroxylation sites is 3. The van der Waals surface area contributed by atoms with Crippen LogP contribution in [0.25, 0.3) is 67.3 Å². The second-order valence-corrected chi connectivity index (χ2v) is 11.4. The lowest BCUT2D eigenvalue weighted by Crippen LogP contribution is -2.11. The molecule has 0 aliphatic carbocycles. The van der Waals surface area contributed by atoms with Crippen molar-refractivity contribution >= 4 is 28.0 Å². The van der Waals surface area contributed by atoms with Gasteiger partial charge in [-0.25, -0.2) is 9.97 Å². The zero-order valence-corrected chi connectivity index (χ0v) is 24.8. The molecule has 0 N–H and O–H groups in total. The van der Waals surface area contributed by atoms with E-state index in [9.17, 15) is 0 Å². The summed E-state index contributed by atoms with van der Waals surface area (Å²) in [6, 6.07) is 56.6. The summed E-state index contributed by atoms with van der Waals surface area (Å²) in [6.45, 7) is 0. The molecule has 1 aliphatic heterocycles. The Morgan fingerprint density at radius 2 is 1.02 bits per heavy atom. The van der Waals surface area contributed by atoms with Gasteiger partial charge in [-0.15, -0.1) is 0 Å². The molecule has 0 radical (unpaired) electrons. The van der Waals surface area contributed by atoms with E-state index in [4.69, 9.17) is 14.4 Å². The Morgan fingerprint density at radius 3 is 1.74 bits per heavy atom. The first-order valence-corrected chi connectivity index (χ1v) is 15.4. The maximum Gasteiger partial charge on any atom is 0.160 e. The van der Waals surface area contributed by atoms with E-state index in [0.717, 1.165) is 78.6 Å². The molecule has 6 aromatic carbocycles. The molecule has 4 heteroatoms. The van der Waals surface area contributed by atoms with E-state index in [1.54, 1.807) is 0 Å². The lowest BCUT2D eigenvalue weighted by Gasteiger charge is -2.27.